The zero-order valence-corrected chi connectivity index (χ0v) is 19.0. The highest BCUT2D eigenvalue weighted by atomic mass is 32.2. The van der Waals surface area contributed by atoms with Crippen molar-refractivity contribution in [3.8, 4) is 11.5 Å². The van der Waals surface area contributed by atoms with E-state index in [2.05, 4.69) is 24.7 Å². The number of aliphatic hydroxyl groups excluding tert-OH is 5. The molecular weight excluding hydrogens is 486 g/mol. The molecule has 0 bridgehead atoms. The van der Waals surface area contributed by atoms with Gasteiger partial charge in [-0.3, -0.25) is 4.18 Å². The van der Waals surface area contributed by atoms with Crippen LogP contribution in [-0.2, 0) is 20.9 Å². The van der Waals surface area contributed by atoms with E-state index in [0.717, 1.165) is 5.56 Å². The van der Waals surface area contributed by atoms with Crippen LogP contribution in [0.5, 0.6) is 11.5 Å². The number of aromatic nitrogens is 4. The zero-order valence-electron chi connectivity index (χ0n) is 18.1. The van der Waals surface area contributed by atoms with Gasteiger partial charge in [0.1, 0.15) is 35.9 Å². The van der Waals surface area contributed by atoms with Gasteiger partial charge in [0.05, 0.1) is 6.61 Å². The van der Waals surface area contributed by atoms with Gasteiger partial charge in [-0.25, -0.2) is 5.14 Å². The van der Waals surface area contributed by atoms with Crippen LogP contribution in [-0.4, -0.2) is 85.2 Å². The molecule has 5 atom stereocenters. The van der Waals surface area contributed by atoms with E-state index in [-0.39, 0.29) is 12.2 Å². The van der Waals surface area contributed by atoms with E-state index in [1.807, 2.05) is 30.3 Å². The average molecular weight is 512 g/mol. The zero-order chi connectivity index (χ0) is 25.6. The highest BCUT2D eigenvalue weighted by Crippen LogP contribution is 2.22. The van der Waals surface area contributed by atoms with Crippen LogP contribution in [0.4, 0.5) is 0 Å². The van der Waals surface area contributed by atoms with Gasteiger partial charge in [0.2, 0.25) is 0 Å². The summed E-state index contributed by atoms with van der Waals surface area (Å²) in [4.78, 5) is 0.621. The van der Waals surface area contributed by atoms with Crippen molar-refractivity contribution >= 4 is 10.3 Å². The van der Waals surface area contributed by atoms with Crippen molar-refractivity contribution in [3.63, 3.8) is 0 Å². The van der Waals surface area contributed by atoms with E-state index in [9.17, 15) is 34.0 Å². The van der Waals surface area contributed by atoms with Crippen LogP contribution in [0.25, 0.3) is 0 Å². The van der Waals surface area contributed by atoms with Gasteiger partial charge in [0.15, 0.2) is 12.1 Å². The fourth-order valence-electron chi connectivity index (χ4n) is 2.93. The largest absolute Gasteiger partial charge is 0.457 e. The molecule has 0 aliphatic carbocycles. The topological polar surface area (TPSA) is 223 Å². The number of hydrogen-bond donors (Lipinski definition) is 6. The van der Waals surface area contributed by atoms with Crippen molar-refractivity contribution in [2.45, 2.75) is 37.1 Å². The fraction of sp³-hybridized carbons (Fsp3) is 0.350. The summed E-state index contributed by atoms with van der Waals surface area (Å²) < 4.78 is 31.4. The summed E-state index contributed by atoms with van der Waals surface area (Å²) in [5, 5.41) is 66.0. The second-order valence-electron chi connectivity index (χ2n) is 7.49. The molecule has 2 aromatic carbocycles. The molecule has 3 rings (SSSR count). The number of nitrogens with zero attached hydrogens (tertiary/aromatic N) is 4. The van der Waals surface area contributed by atoms with Crippen LogP contribution in [0.1, 0.15) is 17.6 Å². The standard InChI is InChI=1S/C20H25N5O9S/c21-35(31,32)33-11-15(26)17(27)18(28)19(29)20(30)25-23-16(22-24-25)10-12-6-8-14(9-7-12)34-13-4-2-1-3-5-13/h1-9,15,17-20,26-30H,10-11H2,(H2,21,31,32)/t15-,17-,18-,19-,20?/m1/s1. The number of rotatable bonds is 12. The number of ether oxygens (including phenoxy) is 1. The van der Waals surface area contributed by atoms with E-state index >= 15 is 0 Å². The molecule has 15 heteroatoms. The first-order valence-electron chi connectivity index (χ1n) is 10.2. The molecule has 0 spiro atoms. The third-order valence-electron chi connectivity index (χ3n) is 4.77. The van der Waals surface area contributed by atoms with Crippen molar-refractivity contribution in [2.75, 3.05) is 6.61 Å². The molecule has 0 saturated heterocycles. The predicted molar refractivity (Wildman–Crippen MR) is 118 cm³/mol. The Labute approximate surface area is 200 Å². The first-order valence-corrected chi connectivity index (χ1v) is 11.7. The SMILES string of the molecule is NS(=O)(=O)OC[C@@H](O)[C@@H](O)[C@@H](O)[C@@H](O)C(O)n1nnc(Cc2ccc(Oc3ccccc3)cc2)n1. The Morgan fingerprint density at radius 1 is 0.886 bits per heavy atom. The minimum absolute atomic E-state index is 0.185. The molecule has 0 aliphatic heterocycles. The fourth-order valence-corrected chi connectivity index (χ4v) is 3.26. The smallest absolute Gasteiger partial charge is 0.333 e. The highest BCUT2D eigenvalue weighted by molar-refractivity contribution is 7.84. The van der Waals surface area contributed by atoms with Crippen molar-refractivity contribution in [1.82, 2.24) is 20.2 Å². The summed E-state index contributed by atoms with van der Waals surface area (Å²) in [5.74, 6) is 1.50. The monoisotopic (exact) mass is 511 g/mol. The first-order chi connectivity index (χ1) is 16.5. The van der Waals surface area contributed by atoms with Crippen LogP contribution < -0.4 is 9.88 Å². The average Bonchev–Trinajstić information content (AvgIpc) is 3.30. The van der Waals surface area contributed by atoms with E-state index in [0.29, 0.717) is 16.3 Å². The first kappa shape index (κ1) is 26.6. The minimum Gasteiger partial charge on any atom is -0.457 e. The van der Waals surface area contributed by atoms with Crippen molar-refractivity contribution in [2.24, 2.45) is 5.14 Å². The third-order valence-corrected chi connectivity index (χ3v) is 5.24. The van der Waals surface area contributed by atoms with E-state index in [1.165, 1.54) is 0 Å². The van der Waals surface area contributed by atoms with Crippen molar-refractivity contribution in [1.29, 1.82) is 0 Å². The molecule has 190 valence electrons. The number of para-hydroxylation sites is 1. The summed E-state index contributed by atoms with van der Waals surface area (Å²) >= 11 is 0. The lowest BCUT2D eigenvalue weighted by Gasteiger charge is -2.28. The lowest BCUT2D eigenvalue weighted by molar-refractivity contribution is -0.158. The number of nitrogens with two attached hydrogens (primary N) is 1. The molecule has 7 N–H and O–H groups in total. The van der Waals surface area contributed by atoms with Crippen LogP contribution in [0.15, 0.2) is 54.6 Å². The number of benzene rings is 2. The van der Waals surface area contributed by atoms with Gasteiger partial charge in [-0.15, -0.1) is 15.0 Å². The van der Waals surface area contributed by atoms with Gasteiger partial charge in [0.25, 0.3) is 0 Å². The van der Waals surface area contributed by atoms with Gasteiger partial charge in [-0.2, -0.15) is 8.42 Å². The molecule has 35 heavy (non-hydrogen) atoms. The summed E-state index contributed by atoms with van der Waals surface area (Å²) in [7, 11) is -4.40. The highest BCUT2D eigenvalue weighted by Gasteiger charge is 2.36. The second-order valence-corrected chi connectivity index (χ2v) is 8.71. The van der Waals surface area contributed by atoms with E-state index in [1.54, 1.807) is 24.3 Å². The molecule has 14 nitrogen and oxygen atoms in total. The number of hydrogen-bond acceptors (Lipinski definition) is 12. The Bertz CT molecular complexity index is 1180. The molecule has 0 fully saturated rings. The van der Waals surface area contributed by atoms with Crippen molar-refractivity contribution in [3.05, 3.63) is 66.0 Å². The summed E-state index contributed by atoms with van der Waals surface area (Å²) in [5.41, 5.74) is 0.799. The lowest BCUT2D eigenvalue weighted by atomic mass is 10.0. The summed E-state index contributed by atoms with van der Waals surface area (Å²) in [6.07, 6.45) is -9.97. The lowest BCUT2D eigenvalue weighted by Crippen LogP contribution is -2.49. The summed E-state index contributed by atoms with van der Waals surface area (Å²) in [6, 6.07) is 16.3. The molecule has 0 saturated carbocycles. The van der Waals surface area contributed by atoms with Crippen LogP contribution >= 0.6 is 0 Å². The number of aliphatic hydroxyl groups is 5. The molecule has 1 unspecified atom stereocenters. The molecule has 0 aliphatic rings. The summed E-state index contributed by atoms with van der Waals surface area (Å²) in [6.45, 7) is -0.985. The Kier molecular flexibility index (Phi) is 8.82. The maximum absolute atomic E-state index is 10.8. The third kappa shape index (κ3) is 7.74. The molecule has 0 amide bonds. The molecule has 1 aromatic heterocycles. The van der Waals surface area contributed by atoms with Crippen LogP contribution in [0.3, 0.4) is 0 Å². The maximum atomic E-state index is 10.8. The van der Waals surface area contributed by atoms with E-state index < -0.39 is 47.6 Å². The Balaban J connectivity index is 1.57. The van der Waals surface area contributed by atoms with Gasteiger partial charge in [-0.05, 0) is 35.0 Å². The minimum atomic E-state index is -4.40. The van der Waals surface area contributed by atoms with Gasteiger partial charge >= 0.3 is 10.3 Å². The second kappa shape index (κ2) is 11.6. The molecular formula is C20H25N5O9S. The predicted octanol–water partition coefficient (Wildman–Crippen LogP) is -1.79. The van der Waals surface area contributed by atoms with Crippen molar-refractivity contribution < 1.29 is 42.9 Å². The van der Waals surface area contributed by atoms with Gasteiger partial charge in [-0.1, -0.05) is 30.3 Å². The van der Waals surface area contributed by atoms with Gasteiger partial charge in [0, 0.05) is 6.42 Å². The normalized spacial score (nSPS) is 16.3. The van der Waals surface area contributed by atoms with Crippen LogP contribution in [0, 0.1) is 0 Å². The maximum Gasteiger partial charge on any atom is 0.333 e. The quantitative estimate of drug-likeness (QED) is 0.159. The molecule has 1 heterocycles. The Morgan fingerprint density at radius 2 is 1.51 bits per heavy atom. The molecule has 3 aromatic rings. The Hall–Kier alpha value is -3.02. The number of tetrazole rings is 1. The Morgan fingerprint density at radius 3 is 2.14 bits per heavy atom. The molecule has 0 radical (unpaired) electrons. The van der Waals surface area contributed by atoms with E-state index in [4.69, 9.17) is 4.74 Å². The van der Waals surface area contributed by atoms with Crippen LogP contribution in [0.2, 0.25) is 0 Å². The van der Waals surface area contributed by atoms with Gasteiger partial charge < -0.3 is 30.3 Å².